The zero-order valence-corrected chi connectivity index (χ0v) is 17.5. The summed E-state index contributed by atoms with van der Waals surface area (Å²) in [4.78, 5) is 11.9. The first-order valence-corrected chi connectivity index (χ1v) is 11.2. The average molecular weight is 372 g/mol. The summed E-state index contributed by atoms with van der Waals surface area (Å²) in [5, 5.41) is 22.4. The molecule has 4 nitrogen and oxygen atoms in total. The molecule has 4 heteroatoms. The van der Waals surface area contributed by atoms with Crippen LogP contribution in [0.5, 0.6) is 0 Å². The maximum Gasteiger partial charge on any atom is 0.220 e. The van der Waals surface area contributed by atoms with Crippen LogP contribution in [0.3, 0.4) is 0 Å². The first kappa shape index (κ1) is 25.4. The van der Waals surface area contributed by atoms with Gasteiger partial charge in [0.1, 0.15) is 0 Å². The van der Waals surface area contributed by atoms with Crippen LogP contribution in [-0.2, 0) is 4.79 Å². The smallest absolute Gasteiger partial charge is 0.220 e. The fourth-order valence-electron chi connectivity index (χ4n) is 3.30. The second-order valence-electron chi connectivity index (χ2n) is 7.71. The number of amides is 1. The summed E-state index contributed by atoms with van der Waals surface area (Å²) in [6.07, 6.45) is 17.4. The molecule has 0 saturated heterocycles. The van der Waals surface area contributed by atoms with Crippen molar-refractivity contribution >= 4 is 5.91 Å². The van der Waals surface area contributed by atoms with Crippen LogP contribution in [0.2, 0.25) is 0 Å². The predicted molar refractivity (Wildman–Crippen MR) is 110 cm³/mol. The Bertz CT molecular complexity index is 310. The molecular formula is C22H45NO3. The number of aliphatic hydroxyl groups excluding tert-OH is 2. The van der Waals surface area contributed by atoms with E-state index in [1.807, 2.05) is 0 Å². The van der Waals surface area contributed by atoms with E-state index in [0.717, 1.165) is 38.5 Å². The molecule has 0 aliphatic rings. The second-order valence-corrected chi connectivity index (χ2v) is 7.71. The normalized spacial score (nSPS) is 13.5. The van der Waals surface area contributed by atoms with Crippen molar-refractivity contribution in [2.45, 2.75) is 129 Å². The minimum absolute atomic E-state index is 0.0534. The first-order valence-electron chi connectivity index (χ1n) is 11.2. The molecule has 0 aromatic rings. The molecule has 0 radical (unpaired) electrons. The Morgan fingerprint density at radius 3 is 1.73 bits per heavy atom. The lowest BCUT2D eigenvalue weighted by atomic mass is 10.0. The van der Waals surface area contributed by atoms with Gasteiger partial charge in [-0.1, -0.05) is 97.3 Å². The van der Waals surface area contributed by atoms with E-state index >= 15 is 0 Å². The van der Waals surface area contributed by atoms with Gasteiger partial charge in [-0.15, -0.1) is 0 Å². The fraction of sp³-hybridized carbons (Fsp3) is 0.955. The van der Waals surface area contributed by atoms with Crippen molar-refractivity contribution in [1.29, 1.82) is 0 Å². The van der Waals surface area contributed by atoms with Gasteiger partial charge >= 0.3 is 0 Å². The van der Waals surface area contributed by atoms with Crippen molar-refractivity contribution in [3.05, 3.63) is 0 Å². The van der Waals surface area contributed by atoms with E-state index in [4.69, 9.17) is 0 Å². The Hall–Kier alpha value is -0.610. The Labute approximate surface area is 162 Å². The molecule has 0 bridgehead atoms. The lowest BCUT2D eigenvalue weighted by molar-refractivity contribution is -0.123. The standard InChI is InChI=1S/C22H45NO3/c1-3-5-7-9-10-11-12-13-14-15-17-21(25)20(19-24)23-22(26)18-16-8-6-4-2/h20-21,24-25H,3-19H2,1-2H3,(H,23,26). The molecule has 3 N–H and O–H groups in total. The summed E-state index contributed by atoms with van der Waals surface area (Å²) < 4.78 is 0. The molecule has 1 amide bonds. The molecule has 0 aromatic carbocycles. The van der Waals surface area contributed by atoms with Gasteiger partial charge < -0.3 is 15.5 Å². The van der Waals surface area contributed by atoms with E-state index in [-0.39, 0.29) is 12.5 Å². The van der Waals surface area contributed by atoms with E-state index in [0.29, 0.717) is 12.8 Å². The van der Waals surface area contributed by atoms with Crippen LogP contribution in [-0.4, -0.2) is 34.9 Å². The minimum Gasteiger partial charge on any atom is -0.394 e. The maximum atomic E-state index is 11.9. The Kier molecular flexibility index (Phi) is 18.7. The quantitative estimate of drug-likeness (QED) is 0.276. The minimum atomic E-state index is -0.645. The zero-order valence-electron chi connectivity index (χ0n) is 17.5. The summed E-state index contributed by atoms with van der Waals surface area (Å²) in [5.41, 5.74) is 0. The lowest BCUT2D eigenvalue weighted by Crippen LogP contribution is -2.45. The van der Waals surface area contributed by atoms with Crippen molar-refractivity contribution in [3.8, 4) is 0 Å². The number of carbonyl (C=O) groups excluding carboxylic acids is 1. The fourth-order valence-corrected chi connectivity index (χ4v) is 3.30. The van der Waals surface area contributed by atoms with Crippen molar-refractivity contribution in [3.63, 3.8) is 0 Å². The number of hydrogen-bond acceptors (Lipinski definition) is 3. The van der Waals surface area contributed by atoms with E-state index in [1.54, 1.807) is 0 Å². The summed E-state index contributed by atoms with van der Waals surface area (Å²) in [6.45, 7) is 4.19. The van der Waals surface area contributed by atoms with E-state index < -0.39 is 12.1 Å². The molecule has 0 fully saturated rings. The third kappa shape index (κ3) is 15.6. The topological polar surface area (TPSA) is 69.6 Å². The van der Waals surface area contributed by atoms with Crippen LogP contribution >= 0.6 is 0 Å². The first-order chi connectivity index (χ1) is 12.7. The highest BCUT2D eigenvalue weighted by molar-refractivity contribution is 5.76. The van der Waals surface area contributed by atoms with Crippen molar-refractivity contribution < 1.29 is 15.0 Å². The molecular weight excluding hydrogens is 326 g/mol. The number of aliphatic hydroxyl groups is 2. The largest absolute Gasteiger partial charge is 0.394 e. The Balaban J connectivity index is 3.65. The van der Waals surface area contributed by atoms with Crippen LogP contribution in [0, 0.1) is 0 Å². The van der Waals surface area contributed by atoms with Crippen LogP contribution in [0.1, 0.15) is 117 Å². The monoisotopic (exact) mass is 371 g/mol. The summed E-state index contributed by atoms with van der Waals surface area (Å²) in [7, 11) is 0. The third-order valence-corrected chi connectivity index (χ3v) is 5.12. The van der Waals surface area contributed by atoms with Gasteiger partial charge in [0.05, 0.1) is 18.8 Å². The lowest BCUT2D eigenvalue weighted by Gasteiger charge is -2.22. The van der Waals surface area contributed by atoms with Crippen LogP contribution in [0.15, 0.2) is 0 Å². The number of unbranched alkanes of at least 4 members (excludes halogenated alkanes) is 12. The number of nitrogens with one attached hydrogen (secondary N) is 1. The number of carbonyl (C=O) groups is 1. The van der Waals surface area contributed by atoms with Crippen LogP contribution < -0.4 is 5.32 Å². The zero-order chi connectivity index (χ0) is 19.5. The molecule has 0 aromatic heterocycles. The molecule has 0 aliphatic heterocycles. The molecule has 0 rings (SSSR count). The van der Waals surface area contributed by atoms with E-state index in [9.17, 15) is 15.0 Å². The van der Waals surface area contributed by atoms with Gasteiger partial charge in [-0.25, -0.2) is 0 Å². The number of rotatable bonds is 19. The van der Waals surface area contributed by atoms with Gasteiger partial charge in [-0.3, -0.25) is 4.79 Å². The molecule has 0 aliphatic carbocycles. The van der Waals surface area contributed by atoms with Gasteiger partial charge in [0.25, 0.3) is 0 Å². The molecule has 0 spiro atoms. The molecule has 0 saturated carbocycles. The van der Waals surface area contributed by atoms with E-state index in [1.165, 1.54) is 51.4 Å². The van der Waals surface area contributed by atoms with Crippen molar-refractivity contribution in [2.75, 3.05) is 6.61 Å². The molecule has 0 heterocycles. The van der Waals surface area contributed by atoms with Crippen LogP contribution in [0.4, 0.5) is 0 Å². The summed E-state index contributed by atoms with van der Waals surface area (Å²) in [6, 6.07) is -0.521. The highest BCUT2D eigenvalue weighted by Crippen LogP contribution is 2.13. The van der Waals surface area contributed by atoms with E-state index in [2.05, 4.69) is 19.2 Å². The molecule has 2 unspecified atom stereocenters. The highest BCUT2D eigenvalue weighted by Gasteiger charge is 2.19. The molecule has 156 valence electrons. The van der Waals surface area contributed by atoms with Gasteiger partial charge in [0.2, 0.25) is 5.91 Å². The van der Waals surface area contributed by atoms with Gasteiger partial charge in [-0.05, 0) is 12.8 Å². The molecule has 2 atom stereocenters. The maximum absolute atomic E-state index is 11.9. The second kappa shape index (κ2) is 19.2. The Morgan fingerprint density at radius 1 is 0.769 bits per heavy atom. The number of hydrogen-bond donors (Lipinski definition) is 3. The average Bonchev–Trinajstić information content (AvgIpc) is 2.64. The van der Waals surface area contributed by atoms with Gasteiger partial charge in [-0.2, -0.15) is 0 Å². The highest BCUT2D eigenvalue weighted by atomic mass is 16.3. The van der Waals surface area contributed by atoms with Crippen molar-refractivity contribution in [1.82, 2.24) is 5.32 Å². The van der Waals surface area contributed by atoms with Crippen molar-refractivity contribution in [2.24, 2.45) is 0 Å². The predicted octanol–water partition coefficient (Wildman–Crippen LogP) is 5.11. The summed E-state index contributed by atoms with van der Waals surface area (Å²) in [5.74, 6) is -0.0534. The summed E-state index contributed by atoms with van der Waals surface area (Å²) >= 11 is 0. The van der Waals surface area contributed by atoms with Crippen LogP contribution in [0.25, 0.3) is 0 Å². The third-order valence-electron chi connectivity index (χ3n) is 5.12. The van der Waals surface area contributed by atoms with Gasteiger partial charge in [0, 0.05) is 6.42 Å². The SMILES string of the molecule is CCCCCCCCCCCCC(O)C(CO)NC(=O)CCCCCC. The van der Waals surface area contributed by atoms with Gasteiger partial charge in [0.15, 0.2) is 0 Å². The molecule has 26 heavy (non-hydrogen) atoms. The Morgan fingerprint density at radius 2 is 1.23 bits per heavy atom.